The molecule has 0 bridgehead atoms. The van der Waals surface area contributed by atoms with Gasteiger partial charge in [-0.15, -0.1) is 0 Å². The van der Waals surface area contributed by atoms with Crippen LogP contribution in [0.3, 0.4) is 0 Å². The highest BCUT2D eigenvalue weighted by molar-refractivity contribution is 5.83. The summed E-state index contributed by atoms with van der Waals surface area (Å²) in [6, 6.07) is 14.0. The normalized spacial score (nSPS) is 21.3. The predicted molar refractivity (Wildman–Crippen MR) is 89.7 cm³/mol. The highest BCUT2D eigenvalue weighted by atomic mass is 16.5. The molecule has 1 aliphatic rings. The van der Waals surface area contributed by atoms with Gasteiger partial charge in [0.15, 0.2) is 0 Å². The third-order valence-electron chi connectivity index (χ3n) is 3.79. The molecule has 2 aromatic carbocycles. The summed E-state index contributed by atoms with van der Waals surface area (Å²) in [6.07, 6.45) is 0.619. The van der Waals surface area contributed by atoms with E-state index in [9.17, 15) is 4.79 Å². The fourth-order valence-corrected chi connectivity index (χ4v) is 2.74. The molecular formula is C18H24N2O2. The van der Waals surface area contributed by atoms with Crippen LogP contribution in [-0.4, -0.2) is 29.5 Å². The van der Waals surface area contributed by atoms with Gasteiger partial charge in [0.25, 0.3) is 0 Å². The van der Waals surface area contributed by atoms with Crippen LogP contribution >= 0.6 is 0 Å². The summed E-state index contributed by atoms with van der Waals surface area (Å²) >= 11 is 0. The second-order valence-corrected chi connectivity index (χ2v) is 5.31. The number of ketones is 1. The Morgan fingerprint density at radius 2 is 1.86 bits per heavy atom. The zero-order valence-electron chi connectivity index (χ0n) is 13.5. The molecule has 1 fully saturated rings. The number of nitrogens with zero attached hydrogens (tertiary/aromatic N) is 1. The van der Waals surface area contributed by atoms with E-state index in [1.54, 1.807) is 11.9 Å². The molecule has 0 radical (unpaired) electrons. The molecule has 0 aliphatic carbocycles. The lowest BCUT2D eigenvalue weighted by Crippen LogP contribution is -2.40. The number of carbonyl (C=O) groups excluding carboxylic acids is 1. The second-order valence-electron chi connectivity index (χ2n) is 5.31. The van der Waals surface area contributed by atoms with E-state index < -0.39 is 0 Å². The van der Waals surface area contributed by atoms with E-state index in [0.29, 0.717) is 13.0 Å². The van der Waals surface area contributed by atoms with Crippen molar-refractivity contribution in [2.24, 2.45) is 5.84 Å². The second kappa shape index (κ2) is 7.38. The average molecular weight is 300 g/mol. The Labute approximate surface area is 131 Å². The first-order valence-electron chi connectivity index (χ1n) is 7.81. The Morgan fingerprint density at radius 3 is 2.50 bits per heavy atom. The zero-order valence-corrected chi connectivity index (χ0v) is 13.5. The SMILES string of the molecule is CC.CC(=O)C1CC(Oc2ccc3ccccc3c2)CN1N. The van der Waals surface area contributed by atoms with Gasteiger partial charge >= 0.3 is 0 Å². The van der Waals surface area contributed by atoms with E-state index in [0.717, 1.165) is 11.1 Å². The quantitative estimate of drug-likeness (QED) is 0.885. The standard InChI is InChI=1S/C16H18N2O2.C2H6/c1-11(19)16-9-15(10-18(16)17)20-14-7-6-12-4-2-3-5-13(12)8-14;1-2/h2-8,15-16H,9-10,17H2,1H3;1-2H3. The summed E-state index contributed by atoms with van der Waals surface area (Å²) < 4.78 is 5.96. The summed E-state index contributed by atoms with van der Waals surface area (Å²) in [5.74, 6) is 6.77. The van der Waals surface area contributed by atoms with Crippen molar-refractivity contribution in [2.45, 2.75) is 39.3 Å². The Hall–Kier alpha value is -1.91. The number of hydrazine groups is 1. The zero-order chi connectivity index (χ0) is 16.1. The molecule has 22 heavy (non-hydrogen) atoms. The minimum atomic E-state index is -0.222. The Balaban J connectivity index is 0.000000847. The van der Waals surface area contributed by atoms with E-state index >= 15 is 0 Å². The van der Waals surface area contributed by atoms with Crippen LogP contribution in [0.2, 0.25) is 0 Å². The van der Waals surface area contributed by atoms with Crippen molar-refractivity contribution in [3.05, 3.63) is 42.5 Å². The molecule has 4 nitrogen and oxygen atoms in total. The summed E-state index contributed by atoms with van der Waals surface area (Å²) in [7, 11) is 0. The molecule has 2 N–H and O–H groups in total. The van der Waals surface area contributed by atoms with Crippen LogP contribution in [-0.2, 0) is 4.79 Å². The lowest BCUT2D eigenvalue weighted by molar-refractivity contribution is -0.121. The number of nitrogens with two attached hydrogens (primary N) is 1. The first kappa shape index (κ1) is 16.5. The first-order chi connectivity index (χ1) is 10.6. The molecule has 1 saturated heterocycles. The minimum absolute atomic E-state index is 0.0323. The molecule has 0 saturated carbocycles. The molecule has 1 heterocycles. The van der Waals surface area contributed by atoms with Gasteiger partial charge in [0.2, 0.25) is 0 Å². The van der Waals surface area contributed by atoms with E-state index in [1.807, 2.05) is 44.2 Å². The van der Waals surface area contributed by atoms with E-state index in [-0.39, 0.29) is 17.9 Å². The van der Waals surface area contributed by atoms with Crippen molar-refractivity contribution in [1.82, 2.24) is 5.01 Å². The van der Waals surface area contributed by atoms with Crippen LogP contribution in [0, 0.1) is 0 Å². The van der Waals surface area contributed by atoms with Crippen molar-refractivity contribution in [1.29, 1.82) is 0 Å². The van der Waals surface area contributed by atoms with Crippen LogP contribution in [0.1, 0.15) is 27.2 Å². The molecule has 1 aliphatic heterocycles. The third kappa shape index (κ3) is 3.64. The highest BCUT2D eigenvalue weighted by Gasteiger charge is 2.34. The molecular weight excluding hydrogens is 276 g/mol. The largest absolute Gasteiger partial charge is 0.489 e. The predicted octanol–water partition coefficient (Wildman–Crippen LogP) is 3.15. The van der Waals surface area contributed by atoms with E-state index in [1.165, 1.54) is 5.39 Å². The molecule has 0 amide bonds. The van der Waals surface area contributed by atoms with Gasteiger partial charge in [0.1, 0.15) is 17.6 Å². The maximum atomic E-state index is 11.5. The van der Waals surface area contributed by atoms with Crippen molar-refractivity contribution in [2.75, 3.05) is 6.54 Å². The lowest BCUT2D eigenvalue weighted by atomic mass is 10.1. The fraction of sp³-hybridized carbons (Fsp3) is 0.389. The number of hydrogen-bond donors (Lipinski definition) is 1. The minimum Gasteiger partial charge on any atom is -0.489 e. The average Bonchev–Trinajstić information content (AvgIpc) is 2.90. The molecule has 118 valence electrons. The van der Waals surface area contributed by atoms with Crippen LogP contribution in [0.15, 0.2) is 42.5 Å². The third-order valence-corrected chi connectivity index (χ3v) is 3.79. The monoisotopic (exact) mass is 300 g/mol. The Bertz CT molecular complexity index is 642. The molecule has 2 aromatic rings. The van der Waals surface area contributed by atoms with Crippen LogP contribution < -0.4 is 10.6 Å². The van der Waals surface area contributed by atoms with Crippen molar-refractivity contribution in [3.8, 4) is 5.75 Å². The summed E-state index contributed by atoms with van der Waals surface area (Å²) in [5.41, 5.74) is 0. The van der Waals surface area contributed by atoms with Gasteiger partial charge in [0.05, 0.1) is 12.6 Å². The van der Waals surface area contributed by atoms with Crippen molar-refractivity contribution in [3.63, 3.8) is 0 Å². The number of rotatable bonds is 3. The van der Waals surface area contributed by atoms with Gasteiger partial charge in [-0.1, -0.05) is 44.2 Å². The van der Waals surface area contributed by atoms with Crippen LogP contribution in [0.4, 0.5) is 0 Å². The maximum Gasteiger partial charge on any atom is 0.148 e. The topological polar surface area (TPSA) is 55.6 Å². The molecule has 3 rings (SSSR count). The number of fused-ring (bicyclic) bond motifs is 1. The Kier molecular flexibility index (Phi) is 5.52. The van der Waals surface area contributed by atoms with Crippen molar-refractivity contribution < 1.29 is 9.53 Å². The smallest absolute Gasteiger partial charge is 0.148 e. The Morgan fingerprint density at radius 1 is 1.18 bits per heavy atom. The highest BCUT2D eigenvalue weighted by Crippen LogP contribution is 2.25. The lowest BCUT2D eigenvalue weighted by Gasteiger charge is -2.14. The van der Waals surface area contributed by atoms with Gasteiger partial charge < -0.3 is 4.74 Å². The summed E-state index contributed by atoms with van der Waals surface area (Å²) in [4.78, 5) is 11.5. The van der Waals surface area contributed by atoms with Crippen LogP contribution in [0.5, 0.6) is 5.75 Å². The van der Waals surface area contributed by atoms with Gasteiger partial charge in [-0.2, -0.15) is 0 Å². The number of carbonyl (C=O) groups is 1. The number of benzene rings is 2. The van der Waals surface area contributed by atoms with Gasteiger partial charge in [-0.05, 0) is 29.8 Å². The number of Topliss-reactive ketones (excluding diaryl/α,β-unsaturated/α-hetero) is 1. The van der Waals surface area contributed by atoms with Crippen molar-refractivity contribution >= 4 is 16.6 Å². The van der Waals surface area contributed by atoms with Gasteiger partial charge in [0, 0.05) is 6.42 Å². The maximum absolute atomic E-state index is 11.5. The van der Waals surface area contributed by atoms with E-state index in [2.05, 4.69) is 12.1 Å². The van der Waals surface area contributed by atoms with Gasteiger partial charge in [-0.3, -0.25) is 10.6 Å². The number of ether oxygens (including phenoxy) is 1. The summed E-state index contributed by atoms with van der Waals surface area (Å²) in [6.45, 7) is 6.15. The summed E-state index contributed by atoms with van der Waals surface area (Å²) in [5, 5.41) is 3.91. The molecule has 2 unspecified atom stereocenters. The molecule has 4 heteroatoms. The fourth-order valence-electron chi connectivity index (χ4n) is 2.74. The van der Waals surface area contributed by atoms with Crippen LogP contribution in [0.25, 0.3) is 10.8 Å². The van der Waals surface area contributed by atoms with E-state index in [4.69, 9.17) is 10.6 Å². The van der Waals surface area contributed by atoms with Gasteiger partial charge in [-0.25, -0.2) is 5.01 Å². The number of hydrogen-bond acceptors (Lipinski definition) is 4. The molecule has 2 atom stereocenters. The molecule has 0 aromatic heterocycles. The molecule has 0 spiro atoms. The first-order valence-corrected chi connectivity index (χ1v) is 7.81.